The summed E-state index contributed by atoms with van der Waals surface area (Å²) in [7, 11) is 1.68. The molecule has 0 heterocycles. The van der Waals surface area contributed by atoms with E-state index in [-0.39, 0.29) is 5.41 Å². The average molecular weight is 501 g/mol. The zero-order valence-electron chi connectivity index (χ0n) is 21.6. The molecule has 4 fully saturated rings. The first-order chi connectivity index (χ1) is 18.0. The Labute approximate surface area is 218 Å². The van der Waals surface area contributed by atoms with E-state index in [4.69, 9.17) is 14.2 Å². The van der Waals surface area contributed by atoms with E-state index in [0.717, 1.165) is 40.0 Å². The van der Waals surface area contributed by atoms with Crippen molar-refractivity contribution < 1.29 is 24.1 Å². The molecule has 7 rings (SSSR count). The fourth-order valence-electron chi connectivity index (χ4n) is 7.69. The number of carboxylic acid groups (broad SMARTS) is 1. The highest BCUT2D eigenvalue weighted by atomic mass is 16.5. The fourth-order valence-corrected chi connectivity index (χ4v) is 7.69. The molecule has 1 N–H and O–H groups in total. The van der Waals surface area contributed by atoms with Gasteiger partial charge in [-0.2, -0.15) is 0 Å². The summed E-state index contributed by atoms with van der Waals surface area (Å²) in [4.78, 5) is 11.3. The molecule has 4 saturated carbocycles. The van der Waals surface area contributed by atoms with Gasteiger partial charge in [0.25, 0.3) is 0 Å². The molecule has 0 aromatic heterocycles. The molecule has 3 aromatic carbocycles. The summed E-state index contributed by atoms with van der Waals surface area (Å²) in [6.07, 6.45) is 8.07. The van der Waals surface area contributed by atoms with Crippen LogP contribution in [0.15, 0.2) is 54.6 Å². The van der Waals surface area contributed by atoms with Crippen LogP contribution in [0.3, 0.4) is 0 Å². The highest BCUT2D eigenvalue weighted by molar-refractivity contribution is 5.91. The van der Waals surface area contributed by atoms with Crippen molar-refractivity contribution in [2.75, 3.05) is 33.5 Å². The maximum atomic E-state index is 11.3. The number of hydrogen-bond acceptors (Lipinski definition) is 4. The second-order valence-corrected chi connectivity index (χ2v) is 11.4. The van der Waals surface area contributed by atoms with E-state index in [9.17, 15) is 9.90 Å². The van der Waals surface area contributed by atoms with Gasteiger partial charge in [0.2, 0.25) is 0 Å². The number of aromatic carboxylic acids is 1. The first kappa shape index (κ1) is 24.4. The largest absolute Gasteiger partial charge is 0.491 e. The van der Waals surface area contributed by atoms with Gasteiger partial charge in [-0.15, -0.1) is 0 Å². The van der Waals surface area contributed by atoms with Crippen LogP contribution in [0.4, 0.5) is 0 Å². The fraction of sp³-hybridized carbons (Fsp3) is 0.469. The first-order valence-corrected chi connectivity index (χ1v) is 13.6. The van der Waals surface area contributed by atoms with Crippen LogP contribution in [0, 0.1) is 17.8 Å². The number of carboxylic acids is 1. The minimum atomic E-state index is -0.901. The van der Waals surface area contributed by atoms with Crippen molar-refractivity contribution in [2.24, 2.45) is 17.8 Å². The third-order valence-corrected chi connectivity index (χ3v) is 8.93. The Balaban J connectivity index is 1.35. The predicted molar refractivity (Wildman–Crippen MR) is 144 cm³/mol. The van der Waals surface area contributed by atoms with E-state index >= 15 is 0 Å². The summed E-state index contributed by atoms with van der Waals surface area (Å²) in [5.41, 5.74) is 4.03. The Kier molecular flexibility index (Phi) is 6.68. The third kappa shape index (κ3) is 4.87. The summed E-state index contributed by atoms with van der Waals surface area (Å²) in [5.74, 6) is 2.68. The molecule has 37 heavy (non-hydrogen) atoms. The maximum Gasteiger partial charge on any atom is 0.335 e. The topological polar surface area (TPSA) is 65.0 Å². The van der Waals surface area contributed by atoms with E-state index in [1.54, 1.807) is 19.2 Å². The van der Waals surface area contributed by atoms with Crippen molar-refractivity contribution >= 4 is 16.7 Å². The Morgan fingerprint density at radius 3 is 2.11 bits per heavy atom. The van der Waals surface area contributed by atoms with E-state index < -0.39 is 5.97 Å². The van der Waals surface area contributed by atoms with Crippen LogP contribution in [0.2, 0.25) is 0 Å². The smallest absolute Gasteiger partial charge is 0.335 e. The monoisotopic (exact) mass is 500 g/mol. The van der Waals surface area contributed by atoms with Gasteiger partial charge >= 0.3 is 5.97 Å². The number of rotatable bonds is 10. The van der Waals surface area contributed by atoms with Gasteiger partial charge in [-0.1, -0.05) is 24.3 Å². The zero-order chi connectivity index (χ0) is 25.4. The summed E-state index contributed by atoms with van der Waals surface area (Å²) in [5, 5.41) is 11.6. The second-order valence-electron chi connectivity index (χ2n) is 11.4. The molecule has 194 valence electrons. The number of hydrogen-bond donors (Lipinski definition) is 1. The van der Waals surface area contributed by atoms with Gasteiger partial charge < -0.3 is 19.3 Å². The van der Waals surface area contributed by atoms with E-state index in [1.807, 2.05) is 12.1 Å². The van der Waals surface area contributed by atoms with Crippen LogP contribution in [0.25, 0.3) is 21.9 Å². The zero-order valence-corrected chi connectivity index (χ0v) is 21.6. The van der Waals surface area contributed by atoms with E-state index in [1.165, 1.54) is 49.5 Å². The number of methoxy groups -OCH3 is 1. The van der Waals surface area contributed by atoms with Crippen molar-refractivity contribution in [3.63, 3.8) is 0 Å². The maximum absolute atomic E-state index is 11.3. The molecule has 0 aliphatic heterocycles. The lowest BCUT2D eigenvalue weighted by Gasteiger charge is -2.57. The highest BCUT2D eigenvalue weighted by Gasteiger charge is 2.52. The summed E-state index contributed by atoms with van der Waals surface area (Å²) < 4.78 is 17.2. The van der Waals surface area contributed by atoms with Crippen LogP contribution in [-0.4, -0.2) is 44.6 Å². The predicted octanol–water partition coefficient (Wildman–Crippen LogP) is 6.71. The van der Waals surface area contributed by atoms with Gasteiger partial charge in [-0.25, -0.2) is 4.79 Å². The highest BCUT2D eigenvalue weighted by Crippen LogP contribution is 2.62. The molecule has 0 atom stereocenters. The average Bonchev–Trinajstić information content (AvgIpc) is 2.89. The second kappa shape index (κ2) is 10.1. The van der Waals surface area contributed by atoms with Crippen LogP contribution in [0.1, 0.15) is 54.4 Å². The standard InChI is InChI=1S/C32H36O5/c1-35-8-9-36-10-11-37-30-17-27-7-6-26(24-2-4-25(5-3-24)31(33)34)15-28(27)16-29(30)32-18-21-12-22(19-32)14-23(13-21)20-32/h2-7,15-17,21-23H,8-14,18-20H2,1H3,(H,33,34). The van der Waals surface area contributed by atoms with Crippen molar-refractivity contribution in [1.29, 1.82) is 0 Å². The van der Waals surface area contributed by atoms with Gasteiger partial charge in [0.15, 0.2) is 0 Å². The van der Waals surface area contributed by atoms with Crippen LogP contribution in [0.5, 0.6) is 5.75 Å². The Hall–Kier alpha value is -2.89. The summed E-state index contributed by atoms with van der Waals surface area (Å²) >= 11 is 0. The normalized spacial score (nSPS) is 26.0. The lowest BCUT2D eigenvalue weighted by atomic mass is 9.48. The third-order valence-electron chi connectivity index (χ3n) is 8.93. The van der Waals surface area contributed by atoms with Crippen molar-refractivity contribution in [1.82, 2.24) is 0 Å². The summed E-state index contributed by atoms with van der Waals surface area (Å²) in [6, 6.07) is 18.3. The molecular formula is C32H36O5. The van der Waals surface area contributed by atoms with Crippen LogP contribution >= 0.6 is 0 Å². The molecule has 0 radical (unpaired) electrons. The quantitative estimate of drug-likeness (QED) is 0.313. The van der Waals surface area contributed by atoms with Crippen molar-refractivity contribution in [3.8, 4) is 16.9 Å². The van der Waals surface area contributed by atoms with Gasteiger partial charge in [-0.3, -0.25) is 0 Å². The van der Waals surface area contributed by atoms with Gasteiger partial charge in [-0.05, 0) is 114 Å². The lowest BCUT2D eigenvalue weighted by molar-refractivity contribution is -0.00679. The van der Waals surface area contributed by atoms with Gasteiger partial charge in [0.05, 0.1) is 25.4 Å². The van der Waals surface area contributed by atoms with Crippen LogP contribution in [-0.2, 0) is 14.9 Å². The number of carbonyl (C=O) groups is 1. The molecular weight excluding hydrogens is 464 g/mol. The van der Waals surface area contributed by atoms with E-state index in [2.05, 4.69) is 30.3 Å². The minimum absolute atomic E-state index is 0.217. The molecule has 0 amide bonds. The molecule has 0 spiro atoms. The lowest BCUT2D eigenvalue weighted by Crippen LogP contribution is -2.48. The molecule has 4 aliphatic rings. The van der Waals surface area contributed by atoms with Crippen LogP contribution < -0.4 is 4.74 Å². The first-order valence-electron chi connectivity index (χ1n) is 13.6. The summed E-state index contributed by atoms with van der Waals surface area (Å²) in [6.45, 7) is 2.25. The minimum Gasteiger partial charge on any atom is -0.491 e. The molecule has 5 heteroatoms. The van der Waals surface area contributed by atoms with Crippen molar-refractivity contribution in [2.45, 2.75) is 43.9 Å². The molecule has 3 aromatic rings. The number of benzene rings is 3. The Bertz CT molecular complexity index is 1240. The number of fused-ring (bicyclic) bond motifs is 1. The molecule has 4 bridgehead atoms. The molecule has 0 saturated heterocycles. The molecule has 0 unspecified atom stereocenters. The molecule has 4 aliphatic carbocycles. The Morgan fingerprint density at radius 1 is 0.811 bits per heavy atom. The number of ether oxygens (including phenoxy) is 3. The Morgan fingerprint density at radius 2 is 1.46 bits per heavy atom. The van der Waals surface area contributed by atoms with Gasteiger partial charge in [0, 0.05) is 12.7 Å². The molecule has 5 nitrogen and oxygen atoms in total. The van der Waals surface area contributed by atoms with E-state index in [0.29, 0.717) is 32.0 Å². The van der Waals surface area contributed by atoms with Crippen molar-refractivity contribution in [3.05, 3.63) is 65.7 Å². The van der Waals surface area contributed by atoms with Gasteiger partial charge in [0.1, 0.15) is 12.4 Å². The SMILES string of the molecule is COCCOCCOc1cc2ccc(-c3ccc(C(=O)O)cc3)cc2cc1C12CC3CC(CC(C3)C1)C2.